The van der Waals surface area contributed by atoms with E-state index in [-0.39, 0.29) is 48.1 Å². The Morgan fingerprint density at radius 3 is 2.49 bits per heavy atom. The van der Waals surface area contributed by atoms with Crippen molar-refractivity contribution in [2.45, 2.75) is 62.5 Å². The highest BCUT2D eigenvalue weighted by Gasteiger charge is 2.22. The number of nitrogens with zero attached hydrogens (tertiary/aromatic N) is 1. The molecule has 2 rings (SSSR count). The number of nitro groups is 1. The summed E-state index contributed by atoms with van der Waals surface area (Å²) in [5, 5.41) is 13.9. The molecule has 0 saturated carbocycles. The van der Waals surface area contributed by atoms with Gasteiger partial charge in [0.1, 0.15) is 6.61 Å². The summed E-state index contributed by atoms with van der Waals surface area (Å²) in [6.45, 7) is 0.606. The van der Waals surface area contributed by atoms with E-state index < -0.39 is 27.1 Å². The fraction of sp³-hybridized carbons (Fsp3) is 0.462. The standard InChI is InChI=1S/C26H36N4O8S/c1-37-25(31)12-6-3-7-16-29-39(35,36)24-14-13-23(30(33)34)18-21(24)17-22(27)11-8-15-28-26(32)38-19-20-9-4-2-5-10-20/h2,4-5,9-10,13-14,18,22,29H,3,6-8,11-12,15-17,19,27H2,1H3,(H,28,32)/t22-/m0/s1. The third kappa shape index (κ3) is 11.8. The number of ether oxygens (including phenoxy) is 2. The van der Waals surface area contributed by atoms with Crippen LogP contribution in [0, 0.1) is 10.1 Å². The number of amides is 1. The van der Waals surface area contributed by atoms with E-state index in [0.717, 1.165) is 11.6 Å². The van der Waals surface area contributed by atoms with E-state index in [9.17, 15) is 28.1 Å². The van der Waals surface area contributed by atoms with Crippen molar-refractivity contribution in [2.75, 3.05) is 20.2 Å². The minimum atomic E-state index is -3.95. The van der Waals surface area contributed by atoms with Crippen molar-refractivity contribution >= 4 is 27.8 Å². The summed E-state index contributed by atoms with van der Waals surface area (Å²) in [6.07, 6.45) is 2.45. The molecule has 12 nitrogen and oxygen atoms in total. The van der Waals surface area contributed by atoms with Crippen LogP contribution in [-0.2, 0) is 37.3 Å². The van der Waals surface area contributed by atoms with Crippen LogP contribution in [-0.4, -0.2) is 51.6 Å². The van der Waals surface area contributed by atoms with Crippen molar-refractivity contribution in [3.63, 3.8) is 0 Å². The van der Waals surface area contributed by atoms with E-state index in [2.05, 4.69) is 14.8 Å². The smallest absolute Gasteiger partial charge is 0.407 e. The van der Waals surface area contributed by atoms with Gasteiger partial charge >= 0.3 is 12.1 Å². The number of benzene rings is 2. The van der Waals surface area contributed by atoms with Gasteiger partial charge in [-0.2, -0.15) is 0 Å². The zero-order valence-corrected chi connectivity index (χ0v) is 22.8. The molecule has 39 heavy (non-hydrogen) atoms. The van der Waals surface area contributed by atoms with Crippen LogP contribution in [0.25, 0.3) is 0 Å². The molecule has 0 aromatic heterocycles. The van der Waals surface area contributed by atoms with Gasteiger partial charge in [0.15, 0.2) is 0 Å². The van der Waals surface area contributed by atoms with Crippen molar-refractivity contribution in [1.82, 2.24) is 10.0 Å². The number of alkyl carbamates (subject to hydrolysis) is 1. The van der Waals surface area contributed by atoms with Crippen LogP contribution in [0.5, 0.6) is 0 Å². The van der Waals surface area contributed by atoms with Crippen molar-refractivity contribution < 1.29 is 32.4 Å². The molecule has 2 aromatic rings. The van der Waals surface area contributed by atoms with Gasteiger partial charge in [0.25, 0.3) is 5.69 Å². The first-order valence-electron chi connectivity index (χ1n) is 12.7. The molecule has 214 valence electrons. The van der Waals surface area contributed by atoms with Gasteiger partial charge in [0, 0.05) is 37.7 Å². The highest BCUT2D eigenvalue weighted by Crippen LogP contribution is 2.24. The first kappa shape index (κ1) is 31.7. The van der Waals surface area contributed by atoms with Gasteiger partial charge in [0.2, 0.25) is 10.0 Å². The molecule has 0 unspecified atom stereocenters. The molecule has 4 N–H and O–H groups in total. The maximum Gasteiger partial charge on any atom is 0.407 e. The van der Waals surface area contributed by atoms with Gasteiger partial charge in [-0.1, -0.05) is 36.8 Å². The second-order valence-corrected chi connectivity index (χ2v) is 10.7. The minimum absolute atomic E-state index is 0.0688. The lowest BCUT2D eigenvalue weighted by Gasteiger charge is -2.16. The van der Waals surface area contributed by atoms with Crippen LogP contribution in [0.2, 0.25) is 0 Å². The second-order valence-electron chi connectivity index (χ2n) is 8.93. The van der Waals surface area contributed by atoms with E-state index >= 15 is 0 Å². The van der Waals surface area contributed by atoms with Gasteiger partial charge in [-0.3, -0.25) is 14.9 Å². The third-order valence-corrected chi connectivity index (χ3v) is 7.40. The van der Waals surface area contributed by atoms with E-state index in [0.29, 0.717) is 38.6 Å². The summed E-state index contributed by atoms with van der Waals surface area (Å²) in [7, 11) is -2.64. The Labute approximate surface area is 228 Å². The Balaban J connectivity index is 1.87. The summed E-state index contributed by atoms with van der Waals surface area (Å²) in [4.78, 5) is 33.7. The predicted molar refractivity (Wildman–Crippen MR) is 144 cm³/mol. The summed E-state index contributed by atoms with van der Waals surface area (Å²) in [6, 6.07) is 12.3. The number of nitrogens with two attached hydrogens (primary N) is 1. The minimum Gasteiger partial charge on any atom is -0.469 e. The Bertz CT molecular complexity index is 1190. The number of nitrogens with one attached hydrogen (secondary N) is 2. The van der Waals surface area contributed by atoms with Gasteiger partial charge < -0.3 is 20.5 Å². The quantitative estimate of drug-likeness (QED) is 0.113. The number of unbranched alkanes of at least 4 members (excludes halogenated alkanes) is 2. The number of carbonyl (C=O) groups excluding carboxylic acids is 2. The Morgan fingerprint density at radius 2 is 1.79 bits per heavy atom. The fourth-order valence-corrected chi connectivity index (χ4v) is 5.08. The summed E-state index contributed by atoms with van der Waals surface area (Å²) < 4.78 is 38.1. The molecule has 13 heteroatoms. The molecule has 0 bridgehead atoms. The molecule has 0 radical (unpaired) electrons. The largest absolute Gasteiger partial charge is 0.469 e. The average Bonchev–Trinajstić information content (AvgIpc) is 2.92. The zero-order valence-electron chi connectivity index (χ0n) is 22.0. The number of hydrogen-bond acceptors (Lipinski definition) is 9. The monoisotopic (exact) mass is 564 g/mol. The maximum atomic E-state index is 12.9. The number of methoxy groups -OCH3 is 1. The number of non-ortho nitro benzene ring substituents is 1. The molecule has 0 fully saturated rings. The number of esters is 1. The molecule has 0 heterocycles. The summed E-state index contributed by atoms with van der Waals surface area (Å²) >= 11 is 0. The molecular formula is C26H36N4O8S. The van der Waals surface area contributed by atoms with E-state index in [1.165, 1.54) is 19.2 Å². The first-order valence-corrected chi connectivity index (χ1v) is 14.1. The predicted octanol–water partition coefficient (Wildman–Crippen LogP) is 3.18. The SMILES string of the molecule is COC(=O)CCCCCNS(=O)(=O)c1ccc([N+](=O)[O-])cc1C[C@@H](N)CCCNC(=O)OCc1ccccc1. The van der Waals surface area contributed by atoms with Gasteiger partial charge in [-0.15, -0.1) is 0 Å². The highest BCUT2D eigenvalue weighted by molar-refractivity contribution is 7.89. The molecule has 0 aliphatic heterocycles. The Morgan fingerprint density at radius 1 is 1.05 bits per heavy atom. The van der Waals surface area contributed by atoms with Crippen molar-refractivity contribution in [3.8, 4) is 0 Å². The van der Waals surface area contributed by atoms with Crippen molar-refractivity contribution in [2.24, 2.45) is 5.73 Å². The molecule has 2 aromatic carbocycles. The number of rotatable bonds is 17. The average molecular weight is 565 g/mol. The summed E-state index contributed by atoms with van der Waals surface area (Å²) in [5.41, 5.74) is 7.09. The van der Waals surface area contributed by atoms with Crippen LogP contribution < -0.4 is 15.8 Å². The molecule has 1 atom stereocenters. The van der Waals surface area contributed by atoms with E-state index in [1.807, 2.05) is 30.3 Å². The highest BCUT2D eigenvalue weighted by atomic mass is 32.2. The number of hydrogen-bond donors (Lipinski definition) is 3. The zero-order chi connectivity index (χ0) is 28.7. The summed E-state index contributed by atoms with van der Waals surface area (Å²) in [5.74, 6) is -0.318. The Kier molecular flexibility index (Phi) is 13.3. The molecule has 0 spiro atoms. The normalized spacial score (nSPS) is 11.9. The third-order valence-electron chi connectivity index (χ3n) is 5.84. The van der Waals surface area contributed by atoms with Gasteiger partial charge in [0.05, 0.1) is 16.9 Å². The fourth-order valence-electron chi connectivity index (χ4n) is 3.77. The van der Waals surface area contributed by atoms with E-state index in [4.69, 9.17) is 10.5 Å². The van der Waals surface area contributed by atoms with Crippen LogP contribution in [0.4, 0.5) is 10.5 Å². The first-order chi connectivity index (χ1) is 18.6. The maximum absolute atomic E-state index is 12.9. The molecule has 0 saturated heterocycles. The Hall–Kier alpha value is -3.55. The van der Waals surface area contributed by atoms with Crippen molar-refractivity contribution in [1.29, 1.82) is 0 Å². The second kappa shape index (κ2) is 16.4. The lowest BCUT2D eigenvalue weighted by Crippen LogP contribution is -2.30. The lowest BCUT2D eigenvalue weighted by molar-refractivity contribution is -0.385. The van der Waals surface area contributed by atoms with Gasteiger partial charge in [-0.05, 0) is 49.3 Å². The molecule has 0 aliphatic rings. The van der Waals surface area contributed by atoms with Crippen LogP contribution in [0.3, 0.4) is 0 Å². The molecule has 0 aliphatic carbocycles. The van der Waals surface area contributed by atoms with E-state index in [1.54, 1.807) is 0 Å². The van der Waals surface area contributed by atoms with Crippen LogP contribution >= 0.6 is 0 Å². The molecular weight excluding hydrogens is 528 g/mol. The van der Waals surface area contributed by atoms with Crippen LogP contribution in [0.15, 0.2) is 53.4 Å². The lowest BCUT2D eigenvalue weighted by atomic mass is 10.0. The number of nitro benzene ring substituents is 1. The number of sulfonamides is 1. The van der Waals surface area contributed by atoms with Crippen molar-refractivity contribution in [3.05, 3.63) is 69.8 Å². The van der Waals surface area contributed by atoms with Gasteiger partial charge in [-0.25, -0.2) is 17.9 Å². The number of carbonyl (C=O) groups is 2. The topological polar surface area (TPSA) is 180 Å². The van der Waals surface area contributed by atoms with Crippen LogP contribution in [0.1, 0.15) is 49.7 Å². The molecule has 1 amide bonds.